The molecule has 3 saturated carbocycles. The summed E-state index contributed by atoms with van der Waals surface area (Å²) in [6, 6.07) is 0. The second-order valence-corrected chi connectivity index (χ2v) is 11.3. The van der Waals surface area contributed by atoms with Crippen molar-refractivity contribution in [3.05, 3.63) is 12.2 Å². The molecule has 2 bridgehead atoms. The number of cyclic esters (lactones) is 1. The molecule has 0 aromatic rings. The van der Waals surface area contributed by atoms with Crippen molar-refractivity contribution in [2.24, 2.45) is 34.0 Å². The number of carbonyl (C=O) groups is 5. The summed E-state index contributed by atoms with van der Waals surface area (Å²) < 4.78 is 23.0. The minimum absolute atomic E-state index is 0.0183. The van der Waals surface area contributed by atoms with Crippen LogP contribution in [0.5, 0.6) is 0 Å². The van der Waals surface area contributed by atoms with Crippen LogP contribution in [0.1, 0.15) is 60.3 Å². The Hall–Kier alpha value is -2.71. The lowest BCUT2D eigenvalue weighted by Gasteiger charge is -2.63. The third-order valence-corrected chi connectivity index (χ3v) is 8.90. The highest BCUT2D eigenvalue weighted by Gasteiger charge is 2.77. The van der Waals surface area contributed by atoms with E-state index >= 15 is 0 Å². The summed E-state index contributed by atoms with van der Waals surface area (Å²) in [6.45, 7) is 11.8. The zero-order valence-corrected chi connectivity index (χ0v) is 21.0. The number of fused-ring (bicyclic) bond motifs is 2. The zero-order chi connectivity index (χ0) is 25.9. The van der Waals surface area contributed by atoms with E-state index in [4.69, 9.17) is 18.9 Å². The molecular weight excluding hydrogens is 456 g/mol. The van der Waals surface area contributed by atoms with Crippen LogP contribution >= 0.6 is 0 Å². The van der Waals surface area contributed by atoms with Crippen LogP contribution in [0.2, 0.25) is 0 Å². The molecule has 0 amide bonds. The molecule has 1 saturated heterocycles. The monoisotopic (exact) mass is 490 g/mol. The van der Waals surface area contributed by atoms with Crippen LogP contribution in [0.15, 0.2) is 12.2 Å². The smallest absolute Gasteiger partial charge is 0.320 e. The van der Waals surface area contributed by atoms with Crippen molar-refractivity contribution in [3.63, 3.8) is 0 Å². The van der Waals surface area contributed by atoms with Crippen molar-refractivity contribution in [2.75, 3.05) is 13.2 Å². The van der Waals surface area contributed by atoms with Crippen molar-refractivity contribution < 1.29 is 42.9 Å². The molecule has 0 unspecified atom stereocenters. The van der Waals surface area contributed by atoms with Crippen LogP contribution in [0, 0.1) is 34.0 Å². The molecule has 1 heterocycles. The number of hydrogen-bond acceptors (Lipinski definition) is 9. The van der Waals surface area contributed by atoms with Gasteiger partial charge in [0, 0.05) is 32.6 Å². The summed E-state index contributed by atoms with van der Waals surface area (Å²) in [5.74, 6) is -4.17. The Morgan fingerprint density at radius 1 is 1.06 bits per heavy atom. The average molecular weight is 491 g/mol. The van der Waals surface area contributed by atoms with Crippen LogP contribution in [0.25, 0.3) is 0 Å². The van der Waals surface area contributed by atoms with Gasteiger partial charge in [0.25, 0.3) is 0 Å². The lowest BCUT2D eigenvalue weighted by atomic mass is 9.43. The maximum atomic E-state index is 13.7. The van der Waals surface area contributed by atoms with E-state index in [1.54, 1.807) is 0 Å². The molecule has 2 spiro atoms. The number of Topliss-reactive ketones (excluding diaryl/α,β-unsaturated/α-hetero) is 1. The highest BCUT2D eigenvalue weighted by Crippen LogP contribution is 2.68. The van der Waals surface area contributed by atoms with Gasteiger partial charge in [0.05, 0.1) is 12.0 Å². The fraction of sp³-hybridized carbons (Fsp3) is 0.731. The van der Waals surface area contributed by atoms with E-state index in [0.717, 1.165) is 0 Å². The van der Waals surface area contributed by atoms with E-state index in [1.807, 2.05) is 13.8 Å². The van der Waals surface area contributed by atoms with Crippen molar-refractivity contribution in [3.8, 4) is 0 Å². The van der Waals surface area contributed by atoms with Gasteiger partial charge in [-0.2, -0.15) is 0 Å². The van der Waals surface area contributed by atoms with Gasteiger partial charge < -0.3 is 18.9 Å². The van der Waals surface area contributed by atoms with E-state index in [-0.39, 0.29) is 25.6 Å². The van der Waals surface area contributed by atoms with E-state index in [2.05, 4.69) is 6.58 Å². The van der Waals surface area contributed by atoms with Gasteiger partial charge in [0.15, 0.2) is 5.78 Å². The first-order chi connectivity index (χ1) is 16.3. The Labute approximate surface area is 204 Å². The first kappa shape index (κ1) is 25.4. The molecule has 1 aliphatic heterocycles. The predicted octanol–water partition coefficient (Wildman–Crippen LogP) is 2.54. The minimum atomic E-state index is -1.60. The SMILES string of the molecule is C=C1C(=O)[C@@]23C[C@H]1C[C@@H](OC(C)=O)[C@@H]2[C@@]1(COC3=O)[C@H](OC(C)=O)CCC(C)(C)[C@@H]1COC(C)=O. The minimum Gasteiger partial charge on any atom is -0.466 e. The Bertz CT molecular complexity index is 997. The second-order valence-electron chi connectivity index (χ2n) is 11.3. The summed E-state index contributed by atoms with van der Waals surface area (Å²) in [5, 5.41) is 0. The molecule has 9 nitrogen and oxygen atoms in total. The molecule has 4 aliphatic rings. The van der Waals surface area contributed by atoms with Crippen molar-refractivity contribution >= 4 is 29.7 Å². The van der Waals surface area contributed by atoms with Gasteiger partial charge in [0.1, 0.15) is 24.2 Å². The quantitative estimate of drug-likeness (QED) is 0.253. The summed E-state index contributed by atoms with van der Waals surface area (Å²) in [6.07, 6.45) is 0.112. The highest BCUT2D eigenvalue weighted by atomic mass is 16.6. The fourth-order valence-corrected chi connectivity index (χ4v) is 7.61. The molecule has 4 fully saturated rings. The first-order valence-electron chi connectivity index (χ1n) is 12.2. The topological polar surface area (TPSA) is 122 Å². The normalized spacial score (nSPS) is 39.5. The van der Waals surface area contributed by atoms with Gasteiger partial charge in [-0.1, -0.05) is 20.4 Å². The van der Waals surface area contributed by atoms with E-state index in [1.165, 1.54) is 20.8 Å². The van der Waals surface area contributed by atoms with Crippen molar-refractivity contribution in [1.29, 1.82) is 0 Å². The second kappa shape index (κ2) is 8.45. The molecule has 7 atom stereocenters. The van der Waals surface area contributed by atoms with Crippen LogP contribution in [-0.2, 0) is 42.9 Å². The maximum absolute atomic E-state index is 13.7. The largest absolute Gasteiger partial charge is 0.466 e. The van der Waals surface area contributed by atoms with E-state index in [0.29, 0.717) is 24.8 Å². The molecule has 0 N–H and O–H groups in total. The Kier molecular flexibility index (Phi) is 6.13. The highest BCUT2D eigenvalue weighted by molar-refractivity contribution is 6.15. The van der Waals surface area contributed by atoms with Crippen LogP contribution in [0.3, 0.4) is 0 Å². The Balaban J connectivity index is 1.98. The average Bonchev–Trinajstić information content (AvgIpc) is 2.93. The van der Waals surface area contributed by atoms with Crippen molar-refractivity contribution in [1.82, 2.24) is 0 Å². The van der Waals surface area contributed by atoms with Gasteiger partial charge in [-0.05, 0) is 42.6 Å². The van der Waals surface area contributed by atoms with Gasteiger partial charge in [-0.15, -0.1) is 0 Å². The molecular formula is C26H34O9. The molecule has 35 heavy (non-hydrogen) atoms. The number of carbonyl (C=O) groups excluding carboxylic acids is 5. The predicted molar refractivity (Wildman–Crippen MR) is 120 cm³/mol. The lowest BCUT2D eigenvalue weighted by Crippen LogP contribution is -2.71. The third-order valence-electron chi connectivity index (χ3n) is 8.90. The standard InChI is InChI=1S/C26H34O9/c1-13-17-9-18(34-15(3)28)21-25(10-17,22(13)30)23(31)33-12-26(21)19(11-32-14(2)27)24(5,6)8-7-20(26)35-16(4)29/h17-21H,1,7-12H2,2-6H3/t17-,18-,19+,20-,21+,25-,26-/m1/s1. The molecule has 0 aromatic heterocycles. The van der Waals surface area contributed by atoms with E-state index in [9.17, 15) is 24.0 Å². The summed E-state index contributed by atoms with van der Waals surface area (Å²) in [5.41, 5.74) is -2.83. The molecule has 3 aliphatic carbocycles. The lowest BCUT2D eigenvalue weighted by molar-refractivity contribution is -0.266. The molecule has 0 aromatic carbocycles. The summed E-state index contributed by atoms with van der Waals surface area (Å²) >= 11 is 0. The van der Waals surface area contributed by atoms with Gasteiger partial charge >= 0.3 is 23.9 Å². The molecule has 9 heteroatoms. The fourth-order valence-electron chi connectivity index (χ4n) is 7.61. The third kappa shape index (κ3) is 3.69. The molecule has 4 rings (SSSR count). The van der Waals surface area contributed by atoms with Gasteiger partial charge in [0.2, 0.25) is 0 Å². The maximum Gasteiger partial charge on any atom is 0.320 e. The number of allylic oxidation sites excluding steroid dienone is 1. The van der Waals surface area contributed by atoms with Gasteiger partial charge in [-0.3, -0.25) is 24.0 Å². The molecule has 192 valence electrons. The number of esters is 4. The van der Waals surface area contributed by atoms with E-state index < -0.39 is 69.9 Å². The number of hydrogen-bond donors (Lipinski definition) is 0. The van der Waals surface area contributed by atoms with Crippen LogP contribution in [-0.4, -0.2) is 55.1 Å². The van der Waals surface area contributed by atoms with Gasteiger partial charge in [-0.25, -0.2) is 0 Å². The summed E-state index contributed by atoms with van der Waals surface area (Å²) in [7, 11) is 0. The number of rotatable bonds is 4. The zero-order valence-electron chi connectivity index (χ0n) is 21.0. The van der Waals surface area contributed by atoms with Crippen LogP contribution in [0.4, 0.5) is 0 Å². The first-order valence-corrected chi connectivity index (χ1v) is 12.2. The Morgan fingerprint density at radius 3 is 2.31 bits per heavy atom. The van der Waals surface area contributed by atoms with Crippen molar-refractivity contribution in [2.45, 2.75) is 72.5 Å². The summed E-state index contributed by atoms with van der Waals surface area (Å²) in [4.78, 5) is 63.5. The Morgan fingerprint density at radius 2 is 1.71 bits per heavy atom. The van der Waals surface area contributed by atoms with Crippen LogP contribution < -0.4 is 0 Å². The number of ketones is 1. The molecule has 0 radical (unpaired) electrons. The number of ether oxygens (including phenoxy) is 4.